The van der Waals surface area contributed by atoms with Crippen LogP contribution in [0.4, 0.5) is 0 Å². The molecule has 2 aliphatic rings. The molecule has 0 aromatic heterocycles. The number of piperazine rings is 1. The van der Waals surface area contributed by atoms with Crippen molar-refractivity contribution in [2.75, 3.05) is 39.3 Å². The summed E-state index contributed by atoms with van der Waals surface area (Å²) < 4.78 is 28.2. The Morgan fingerprint density at radius 2 is 1.86 bits per heavy atom. The molecular formula is C13H25N3O4S. The van der Waals surface area contributed by atoms with Gasteiger partial charge in [0.2, 0.25) is 0 Å². The van der Waals surface area contributed by atoms with E-state index in [4.69, 9.17) is 5.11 Å². The normalized spacial score (nSPS) is 30.4. The molecule has 0 radical (unpaired) electrons. The van der Waals surface area contributed by atoms with Crippen molar-refractivity contribution in [3.63, 3.8) is 0 Å². The Kier molecular flexibility index (Phi) is 5.24. The second-order valence-electron chi connectivity index (χ2n) is 5.88. The van der Waals surface area contributed by atoms with Gasteiger partial charge in [0.1, 0.15) is 0 Å². The van der Waals surface area contributed by atoms with Crippen LogP contribution in [0.2, 0.25) is 0 Å². The summed E-state index contributed by atoms with van der Waals surface area (Å²) in [5.41, 5.74) is 0. The maximum absolute atomic E-state index is 12.7. The van der Waals surface area contributed by atoms with Crippen molar-refractivity contribution in [3.8, 4) is 0 Å². The van der Waals surface area contributed by atoms with Crippen molar-refractivity contribution in [2.24, 2.45) is 5.92 Å². The highest BCUT2D eigenvalue weighted by atomic mass is 32.2. The third kappa shape index (κ3) is 3.56. The van der Waals surface area contributed by atoms with E-state index < -0.39 is 22.1 Å². The summed E-state index contributed by atoms with van der Waals surface area (Å²) in [5, 5.41) is 9.10. The molecule has 2 unspecified atom stereocenters. The molecule has 2 rings (SSSR count). The molecule has 2 heterocycles. The van der Waals surface area contributed by atoms with Crippen LogP contribution in [0.1, 0.15) is 26.7 Å². The second-order valence-corrected chi connectivity index (χ2v) is 7.81. The van der Waals surface area contributed by atoms with E-state index in [2.05, 4.69) is 11.8 Å². The van der Waals surface area contributed by atoms with Crippen LogP contribution < -0.4 is 0 Å². The van der Waals surface area contributed by atoms with Gasteiger partial charge in [0.25, 0.3) is 10.2 Å². The van der Waals surface area contributed by atoms with Crippen LogP contribution in [-0.4, -0.2) is 78.3 Å². The first-order valence-corrected chi connectivity index (χ1v) is 8.98. The molecule has 1 N–H and O–H groups in total. The number of rotatable bonds is 4. The van der Waals surface area contributed by atoms with Gasteiger partial charge in [-0.3, -0.25) is 9.69 Å². The molecule has 0 aliphatic carbocycles. The quantitative estimate of drug-likeness (QED) is 0.792. The van der Waals surface area contributed by atoms with Crippen molar-refractivity contribution in [1.82, 2.24) is 13.5 Å². The molecule has 0 spiro atoms. The lowest BCUT2D eigenvalue weighted by molar-refractivity contribution is -0.142. The van der Waals surface area contributed by atoms with Crippen molar-refractivity contribution >= 4 is 16.2 Å². The summed E-state index contributed by atoms with van der Waals surface area (Å²) >= 11 is 0. The predicted molar refractivity (Wildman–Crippen MR) is 79.1 cm³/mol. The van der Waals surface area contributed by atoms with Gasteiger partial charge in [-0.15, -0.1) is 0 Å². The summed E-state index contributed by atoms with van der Waals surface area (Å²) in [5.74, 6) is -1.48. The molecule has 122 valence electrons. The van der Waals surface area contributed by atoms with Crippen LogP contribution in [-0.2, 0) is 15.0 Å². The van der Waals surface area contributed by atoms with Crippen molar-refractivity contribution < 1.29 is 18.3 Å². The van der Waals surface area contributed by atoms with Crippen LogP contribution in [0.3, 0.4) is 0 Å². The van der Waals surface area contributed by atoms with Crippen LogP contribution in [0.25, 0.3) is 0 Å². The fraction of sp³-hybridized carbons (Fsp3) is 0.923. The first-order valence-electron chi connectivity index (χ1n) is 7.58. The van der Waals surface area contributed by atoms with Gasteiger partial charge in [0.15, 0.2) is 0 Å². The number of carbonyl (C=O) groups is 1. The molecule has 2 aliphatic heterocycles. The molecule has 21 heavy (non-hydrogen) atoms. The van der Waals surface area contributed by atoms with E-state index in [1.807, 2.05) is 6.92 Å². The lowest BCUT2D eigenvalue weighted by atomic mass is 10.0. The number of carboxylic acid groups (broad SMARTS) is 1. The Labute approximate surface area is 126 Å². The molecule has 8 heteroatoms. The van der Waals surface area contributed by atoms with Gasteiger partial charge < -0.3 is 5.11 Å². The molecule has 0 bridgehead atoms. The molecule has 2 atom stereocenters. The first-order chi connectivity index (χ1) is 9.86. The van der Waals surface area contributed by atoms with Gasteiger partial charge in [-0.25, -0.2) is 0 Å². The Hall–Kier alpha value is -0.700. The van der Waals surface area contributed by atoms with Gasteiger partial charge >= 0.3 is 5.97 Å². The SMILES string of the molecule is CCN1CCN(S(=O)(=O)N2CCCC(C(=O)O)C2)CC1C. The highest BCUT2D eigenvalue weighted by Gasteiger charge is 2.38. The van der Waals surface area contributed by atoms with E-state index in [0.717, 1.165) is 13.1 Å². The zero-order valence-corrected chi connectivity index (χ0v) is 13.5. The van der Waals surface area contributed by atoms with Crippen LogP contribution in [0.5, 0.6) is 0 Å². The molecule has 0 saturated carbocycles. The van der Waals surface area contributed by atoms with Crippen LogP contribution >= 0.6 is 0 Å². The fourth-order valence-electron chi connectivity index (χ4n) is 3.16. The molecular weight excluding hydrogens is 294 g/mol. The topological polar surface area (TPSA) is 81.2 Å². The maximum Gasteiger partial charge on any atom is 0.307 e. The number of nitrogens with zero attached hydrogens (tertiary/aromatic N) is 3. The van der Waals surface area contributed by atoms with E-state index in [0.29, 0.717) is 32.5 Å². The summed E-state index contributed by atoms with van der Waals surface area (Å²) in [6.07, 6.45) is 1.17. The third-order valence-corrected chi connectivity index (χ3v) is 6.49. The van der Waals surface area contributed by atoms with Gasteiger partial charge in [-0.2, -0.15) is 17.0 Å². The number of piperidine rings is 1. The van der Waals surface area contributed by atoms with Gasteiger partial charge in [-0.05, 0) is 26.3 Å². The van der Waals surface area contributed by atoms with Gasteiger partial charge in [0.05, 0.1) is 5.92 Å². The smallest absolute Gasteiger partial charge is 0.307 e. The second kappa shape index (κ2) is 6.60. The van der Waals surface area contributed by atoms with E-state index >= 15 is 0 Å². The fourth-order valence-corrected chi connectivity index (χ4v) is 4.93. The van der Waals surface area contributed by atoms with E-state index in [1.54, 1.807) is 0 Å². The van der Waals surface area contributed by atoms with E-state index in [-0.39, 0.29) is 12.6 Å². The monoisotopic (exact) mass is 319 g/mol. The highest BCUT2D eigenvalue weighted by Crippen LogP contribution is 2.23. The standard InChI is InChI=1S/C13H25N3O4S/c1-3-14-7-8-16(9-11(14)2)21(19,20)15-6-4-5-12(10-15)13(17)18/h11-12H,3-10H2,1-2H3,(H,17,18). The van der Waals surface area contributed by atoms with E-state index in [9.17, 15) is 13.2 Å². The summed E-state index contributed by atoms with van der Waals surface area (Å²) in [6.45, 7) is 7.23. The lowest BCUT2D eigenvalue weighted by Gasteiger charge is -2.41. The van der Waals surface area contributed by atoms with Gasteiger partial charge in [0, 0.05) is 38.8 Å². The highest BCUT2D eigenvalue weighted by molar-refractivity contribution is 7.86. The summed E-state index contributed by atoms with van der Waals surface area (Å²) in [7, 11) is -3.54. The Bertz CT molecular complexity index is 482. The maximum atomic E-state index is 12.7. The molecule has 7 nitrogen and oxygen atoms in total. The third-order valence-electron chi connectivity index (χ3n) is 4.52. The number of aliphatic carboxylic acids is 1. The van der Waals surface area contributed by atoms with Gasteiger partial charge in [-0.1, -0.05) is 6.92 Å². The summed E-state index contributed by atoms with van der Waals surface area (Å²) in [4.78, 5) is 13.3. The van der Waals surface area contributed by atoms with Crippen LogP contribution in [0.15, 0.2) is 0 Å². The average molecular weight is 319 g/mol. The first kappa shape index (κ1) is 16.7. The molecule has 2 fully saturated rings. The predicted octanol–water partition coefficient (Wildman–Crippen LogP) is 0.0538. The molecule has 0 amide bonds. The Balaban J connectivity index is 2.06. The Morgan fingerprint density at radius 3 is 2.43 bits per heavy atom. The molecule has 2 saturated heterocycles. The zero-order chi connectivity index (χ0) is 15.6. The largest absolute Gasteiger partial charge is 0.481 e. The van der Waals surface area contributed by atoms with Crippen molar-refractivity contribution in [2.45, 2.75) is 32.7 Å². The van der Waals surface area contributed by atoms with E-state index in [1.165, 1.54) is 8.61 Å². The number of hydrogen-bond donors (Lipinski definition) is 1. The van der Waals surface area contributed by atoms with Crippen LogP contribution in [0, 0.1) is 5.92 Å². The minimum atomic E-state index is -3.54. The minimum Gasteiger partial charge on any atom is -0.481 e. The van der Waals surface area contributed by atoms with Crippen molar-refractivity contribution in [1.29, 1.82) is 0 Å². The summed E-state index contributed by atoms with van der Waals surface area (Å²) in [6, 6.07) is 0.193. The number of hydrogen-bond acceptors (Lipinski definition) is 4. The minimum absolute atomic E-state index is 0.0973. The Morgan fingerprint density at radius 1 is 1.19 bits per heavy atom. The average Bonchev–Trinajstić information content (AvgIpc) is 2.47. The number of likely N-dealkylation sites (N-methyl/N-ethyl adjacent to an activating group) is 1. The lowest BCUT2D eigenvalue weighted by Crippen LogP contribution is -2.57. The number of carboxylic acids is 1. The van der Waals surface area contributed by atoms with Crippen molar-refractivity contribution in [3.05, 3.63) is 0 Å². The molecule has 0 aromatic carbocycles. The zero-order valence-electron chi connectivity index (χ0n) is 12.7. The molecule has 0 aromatic rings.